The van der Waals surface area contributed by atoms with E-state index >= 15 is 0 Å². The molecule has 0 aliphatic carbocycles. The van der Waals surface area contributed by atoms with Crippen LogP contribution in [0.4, 0.5) is 0 Å². The molecule has 2 rings (SSSR count). The van der Waals surface area contributed by atoms with Crippen LogP contribution in [0.5, 0.6) is 0 Å². The highest BCUT2D eigenvalue weighted by atomic mass is 35.5. The standard InChI is InChI=1S/C7H12N4.ClH/c1-2-5-10(6-3-1)11-7-4-8-9-11;/h4,7H,1-3,5-6H2;1H. The lowest BCUT2D eigenvalue weighted by Gasteiger charge is -2.27. The van der Waals surface area contributed by atoms with Crippen molar-refractivity contribution in [2.45, 2.75) is 19.3 Å². The highest BCUT2D eigenvalue weighted by molar-refractivity contribution is 5.85. The first kappa shape index (κ1) is 9.32. The Morgan fingerprint density at radius 1 is 1.08 bits per heavy atom. The summed E-state index contributed by atoms with van der Waals surface area (Å²) in [6.07, 6.45) is 7.52. The van der Waals surface area contributed by atoms with Gasteiger partial charge in [-0.3, -0.25) is 5.01 Å². The molecule has 1 aromatic rings. The first-order valence-corrected chi connectivity index (χ1v) is 4.08. The average molecular weight is 189 g/mol. The first-order valence-electron chi connectivity index (χ1n) is 4.08. The van der Waals surface area contributed by atoms with Crippen molar-refractivity contribution >= 4 is 12.4 Å². The predicted molar refractivity (Wildman–Crippen MR) is 49.1 cm³/mol. The molecule has 1 aromatic heterocycles. The number of hydrogen-bond acceptors (Lipinski definition) is 3. The van der Waals surface area contributed by atoms with Crippen molar-refractivity contribution in [2.75, 3.05) is 18.1 Å². The summed E-state index contributed by atoms with van der Waals surface area (Å²) < 4.78 is 0. The van der Waals surface area contributed by atoms with Gasteiger partial charge in [0.05, 0.1) is 12.4 Å². The summed E-state index contributed by atoms with van der Waals surface area (Å²) >= 11 is 0. The molecule has 1 fully saturated rings. The van der Waals surface area contributed by atoms with Gasteiger partial charge >= 0.3 is 0 Å². The van der Waals surface area contributed by atoms with Gasteiger partial charge in [0.1, 0.15) is 0 Å². The molecule has 2 heterocycles. The quantitative estimate of drug-likeness (QED) is 0.655. The molecular weight excluding hydrogens is 176 g/mol. The molecular formula is C7H13ClN4. The van der Waals surface area contributed by atoms with Gasteiger partial charge in [0.25, 0.3) is 0 Å². The van der Waals surface area contributed by atoms with Gasteiger partial charge in [-0.05, 0) is 24.5 Å². The van der Waals surface area contributed by atoms with Crippen LogP contribution in [-0.4, -0.2) is 28.2 Å². The van der Waals surface area contributed by atoms with Gasteiger partial charge in [-0.15, -0.1) is 17.5 Å². The smallest absolute Gasteiger partial charge is 0.0715 e. The Bertz CT molecular complexity index is 205. The average Bonchev–Trinajstić information content (AvgIpc) is 2.58. The van der Waals surface area contributed by atoms with E-state index in [0.29, 0.717) is 0 Å². The highest BCUT2D eigenvalue weighted by Crippen LogP contribution is 2.06. The molecule has 68 valence electrons. The van der Waals surface area contributed by atoms with Crippen molar-refractivity contribution in [3.63, 3.8) is 0 Å². The fourth-order valence-electron chi connectivity index (χ4n) is 1.43. The molecule has 0 aromatic carbocycles. The van der Waals surface area contributed by atoms with Gasteiger partial charge in [-0.25, -0.2) is 0 Å². The van der Waals surface area contributed by atoms with E-state index in [1.54, 1.807) is 6.20 Å². The summed E-state index contributed by atoms with van der Waals surface area (Å²) in [7, 11) is 0. The third-order valence-corrected chi connectivity index (χ3v) is 2.03. The fourth-order valence-corrected chi connectivity index (χ4v) is 1.43. The van der Waals surface area contributed by atoms with Gasteiger partial charge in [0, 0.05) is 13.1 Å². The largest absolute Gasteiger partial charge is 0.296 e. The molecule has 1 saturated heterocycles. The van der Waals surface area contributed by atoms with E-state index in [1.165, 1.54) is 19.3 Å². The minimum absolute atomic E-state index is 0. The van der Waals surface area contributed by atoms with Crippen LogP contribution in [0.15, 0.2) is 12.4 Å². The zero-order chi connectivity index (χ0) is 7.52. The summed E-state index contributed by atoms with van der Waals surface area (Å²) in [6, 6.07) is 0. The van der Waals surface area contributed by atoms with Crippen molar-refractivity contribution in [1.29, 1.82) is 0 Å². The van der Waals surface area contributed by atoms with E-state index in [4.69, 9.17) is 0 Å². The van der Waals surface area contributed by atoms with Crippen LogP contribution in [0.25, 0.3) is 0 Å². The normalized spacial score (nSPS) is 17.2. The summed E-state index contributed by atoms with van der Waals surface area (Å²) in [5.41, 5.74) is 0. The summed E-state index contributed by atoms with van der Waals surface area (Å²) in [5, 5.41) is 9.92. The third-order valence-electron chi connectivity index (χ3n) is 2.03. The Morgan fingerprint density at radius 2 is 1.83 bits per heavy atom. The number of halogens is 1. The lowest BCUT2D eigenvalue weighted by molar-refractivity contribution is 0.441. The third kappa shape index (κ3) is 1.88. The van der Waals surface area contributed by atoms with Crippen LogP contribution in [0.2, 0.25) is 0 Å². The Labute approximate surface area is 77.9 Å². The van der Waals surface area contributed by atoms with Crippen molar-refractivity contribution in [3.8, 4) is 0 Å². The second kappa shape index (κ2) is 4.30. The van der Waals surface area contributed by atoms with Crippen LogP contribution in [0, 0.1) is 0 Å². The minimum Gasteiger partial charge on any atom is -0.296 e. The van der Waals surface area contributed by atoms with Crippen molar-refractivity contribution in [2.24, 2.45) is 0 Å². The van der Waals surface area contributed by atoms with E-state index < -0.39 is 0 Å². The minimum atomic E-state index is 0. The second-order valence-corrected chi connectivity index (χ2v) is 2.84. The lowest BCUT2D eigenvalue weighted by Crippen LogP contribution is -2.39. The molecule has 0 spiro atoms. The maximum atomic E-state index is 3.93. The van der Waals surface area contributed by atoms with Crippen molar-refractivity contribution in [3.05, 3.63) is 12.4 Å². The van der Waals surface area contributed by atoms with Crippen molar-refractivity contribution in [1.82, 2.24) is 15.1 Å². The lowest BCUT2D eigenvalue weighted by atomic mass is 10.2. The van der Waals surface area contributed by atoms with E-state index in [9.17, 15) is 0 Å². The Balaban J connectivity index is 0.000000720. The molecule has 5 heteroatoms. The van der Waals surface area contributed by atoms with Crippen LogP contribution in [0.1, 0.15) is 19.3 Å². The molecule has 0 radical (unpaired) electrons. The summed E-state index contributed by atoms with van der Waals surface area (Å²) in [5.74, 6) is 0. The monoisotopic (exact) mass is 188 g/mol. The molecule has 0 saturated carbocycles. The summed E-state index contributed by atoms with van der Waals surface area (Å²) in [6.45, 7) is 2.23. The second-order valence-electron chi connectivity index (χ2n) is 2.84. The number of rotatable bonds is 1. The summed E-state index contributed by atoms with van der Waals surface area (Å²) in [4.78, 5) is 1.83. The molecule has 0 N–H and O–H groups in total. The van der Waals surface area contributed by atoms with Crippen LogP contribution in [-0.2, 0) is 0 Å². The molecule has 0 amide bonds. The van der Waals surface area contributed by atoms with Crippen LogP contribution >= 0.6 is 12.4 Å². The van der Waals surface area contributed by atoms with Gasteiger partial charge in [-0.2, -0.15) is 4.79 Å². The Hall–Kier alpha value is -0.770. The molecule has 0 atom stereocenters. The van der Waals surface area contributed by atoms with Gasteiger partial charge in [0.15, 0.2) is 0 Å². The van der Waals surface area contributed by atoms with E-state index in [2.05, 4.69) is 15.3 Å². The van der Waals surface area contributed by atoms with E-state index in [-0.39, 0.29) is 12.4 Å². The number of nitrogens with zero attached hydrogens (tertiary/aromatic N) is 4. The molecule has 0 unspecified atom stereocenters. The molecule has 12 heavy (non-hydrogen) atoms. The number of piperidine rings is 1. The number of hydrogen-bond donors (Lipinski definition) is 0. The zero-order valence-corrected chi connectivity index (χ0v) is 7.70. The van der Waals surface area contributed by atoms with Gasteiger partial charge < -0.3 is 0 Å². The van der Waals surface area contributed by atoms with E-state index in [1.807, 2.05) is 11.0 Å². The number of aromatic nitrogens is 3. The molecule has 4 nitrogen and oxygen atoms in total. The maximum Gasteiger partial charge on any atom is 0.0715 e. The van der Waals surface area contributed by atoms with Gasteiger partial charge in [-0.1, -0.05) is 0 Å². The topological polar surface area (TPSA) is 34.0 Å². The maximum absolute atomic E-state index is 3.93. The predicted octanol–water partition coefficient (Wildman–Crippen LogP) is 0.822. The Morgan fingerprint density at radius 3 is 2.42 bits per heavy atom. The SMILES string of the molecule is Cl.c1cn(N2CCCCC2)nn1. The Kier molecular flexibility index (Phi) is 3.34. The molecule has 0 bridgehead atoms. The van der Waals surface area contributed by atoms with Gasteiger partial charge in [0.2, 0.25) is 0 Å². The molecule has 1 aliphatic rings. The molecule has 1 aliphatic heterocycles. The van der Waals surface area contributed by atoms with Crippen LogP contribution in [0.3, 0.4) is 0 Å². The zero-order valence-electron chi connectivity index (χ0n) is 6.89. The fraction of sp³-hybridized carbons (Fsp3) is 0.714. The van der Waals surface area contributed by atoms with E-state index in [0.717, 1.165) is 13.1 Å². The van der Waals surface area contributed by atoms with Crippen LogP contribution < -0.4 is 5.01 Å². The first-order chi connectivity index (χ1) is 5.47. The van der Waals surface area contributed by atoms with Crippen molar-refractivity contribution < 1.29 is 0 Å². The highest BCUT2D eigenvalue weighted by Gasteiger charge is 2.09.